The summed E-state index contributed by atoms with van der Waals surface area (Å²) >= 11 is 0.967. The Morgan fingerprint density at radius 1 is 1.35 bits per heavy atom. The normalized spacial score (nSPS) is 18.5. The van der Waals surface area contributed by atoms with Crippen molar-refractivity contribution in [1.82, 2.24) is 5.32 Å². The monoisotopic (exact) mass is 378 g/mol. The van der Waals surface area contributed by atoms with Gasteiger partial charge < -0.3 is 20.5 Å². The van der Waals surface area contributed by atoms with Crippen LogP contribution in [-0.2, 0) is 14.4 Å². The van der Waals surface area contributed by atoms with Gasteiger partial charge in [0.2, 0.25) is 5.91 Å². The van der Waals surface area contributed by atoms with Gasteiger partial charge in [-0.1, -0.05) is 11.8 Å². The van der Waals surface area contributed by atoms with E-state index in [2.05, 4.69) is 20.8 Å². The molecular formula is C16H18N4O5S. The topological polar surface area (TPSA) is 129 Å². The summed E-state index contributed by atoms with van der Waals surface area (Å²) in [6.45, 7) is 3.91. The van der Waals surface area contributed by atoms with Gasteiger partial charge in [0.05, 0.1) is 13.0 Å². The van der Waals surface area contributed by atoms with Crippen molar-refractivity contribution >= 4 is 46.1 Å². The lowest BCUT2D eigenvalue weighted by atomic mass is 10.3. The third kappa shape index (κ3) is 5.59. The maximum Gasteiger partial charge on any atom is 0.305 e. The molecule has 1 saturated heterocycles. The Bertz CT molecular complexity index is 760. The van der Waals surface area contributed by atoms with Gasteiger partial charge in [0.25, 0.3) is 5.91 Å². The van der Waals surface area contributed by atoms with Gasteiger partial charge in [-0.3, -0.25) is 14.4 Å². The Hall–Kier alpha value is -2.88. The second kappa shape index (κ2) is 8.99. The fourth-order valence-electron chi connectivity index (χ4n) is 1.93. The van der Waals surface area contributed by atoms with Gasteiger partial charge in [-0.25, -0.2) is 0 Å². The number of amides is 2. The van der Waals surface area contributed by atoms with Gasteiger partial charge in [0, 0.05) is 5.69 Å². The molecule has 26 heavy (non-hydrogen) atoms. The van der Waals surface area contributed by atoms with E-state index in [4.69, 9.17) is 9.84 Å². The number of anilines is 1. The highest BCUT2D eigenvalue weighted by molar-refractivity contribution is 8.15. The van der Waals surface area contributed by atoms with Crippen LogP contribution in [0.25, 0.3) is 0 Å². The first-order chi connectivity index (χ1) is 12.4. The predicted octanol–water partition coefficient (Wildman–Crippen LogP) is 1.46. The summed E-state index contributed by atoms with van der Waals surface area (Å²) in [5.74, 6) is -1.27. The fourth-order valence-corrected chi connectivity index (χ4v) is 2.84. The summed E-state index contributed by atoms with van der Waals surface area (Å²) in [5, 5.41) is 20.8. The van der Waals surface area contributed by atoms with Gasteiger partial charge >= 0.3 is 5.97 Å². The molecule has 0 saturated carbocycles. The number of carboxylic acid groups (broad SMARTS) is 1. The number of carbonyl (C=O) groups excluding carboxylic acids is 2. The lowest BCUT2D eigenvalue weighted by Gasteiger charge is -2.06. The summed E-state index contributed by atoms with van der Waals surface area (Å²) in [6, 6.07) is 6.87. The quantitative estimate of drug-likeness (QED) is 0.486. The Balaban J connectivity index is 1.95. The summed E-state index contributed by atoms with van der Waals surface area (Å²) in [7, 11) is 0. The second-order valence-corrected chi connectivity index (χ2v) is 6.39. The van der Waals surface area contributed by atoms with Crippen molar-refractivity contribution < 1.29 is 24.2 Å². The highest BCUT2D eigenvalue weighted by atomic mass is 32.2. The maximum atomic E-state index is 12.1. The molecule has 0 spiro atoms. The first kappa shape index (κ1) is 19.4. The number of ether oxygens (including phenoxy) is 1. The van der Waals surface area contributed by atoms with E-state index in [1.165, 1.54) is 6.92 Å². The average Bonchev–Trinajstić information content (AvgIpc) is 2.93. The van der Waals surface area contributed by atoms with Crippen molar-refractivity contribution in [3.63, 3.8) is 0 Å². The standard InChI is InChI=1S/C16H18N4O5S/c1-3-25-11-6-4-10(5-7-11)17-14(23)9(2)19-20-16-18-15(24)12(26-16)8-13(21)22/h4-7,12H,3,8H2,1-2H3,(H,17,23)(H,21,22)(H,18,20,24)/b19-9+. The van der Waals surface area contributed by atoms with Crippen molar-refractivity contribution in [2.75, 3.05) is 11.9 Å². The maximum absolute atomic E-state index is 12.1. The molecule has 0 radical (unpaired) electrons. The third-order valence-corrected chi connectivity index (χ3v) is 4.25. The second-order valence-electron chi connectivity index (χ2n) is 5.20. The van der Waals surface area contributed by atoms with Crippen LogP contribution in [-0.4, -0.2) is 45.6 Å². The van der Waals surface area contributed by atoms with Crippen LogP contribution in [0.5, 0.6) is 5.75 Å². The summed E-state index contributed by atoms with van der Waals surface area (Å²) in [5.41, 5.74) is 0.661. The molecular weight excluding hydrogens is 360 g/mol. The van der Waals surface area contributed by atoms with Crippen LogP contribution >= 0.6 is 11.8 Å². The molecule has 2 rings (SSSR count). The van der Waals surface area contributed by atoms with E-state index >= 15 is 0 Å². The largest absolute Gasteiger partial charge is 0.494 e. The van der Waals surface area contributed by atoms with Crippen molar-refractivity contribution in [1.29, 1.82) is 0 Å². The van der Waals surface area contributed by atoms with E-state index in [1.807, 2.05) is 6.92 Å². The van der Waals surface area contributed by atoms with Gasteiger partial charge in [-0.2, -0.15) is 0 Å². The number of rotatable bonds is 7. The molecule has 9 nitrogen and oxygen atoms in total. The SMILES string of the molecule is CCOc1ccc(NC(=O)/C(C)=N/N=C2/NC(=O)C(CC(=O)O)S2)cc1. The number of carboxylic acids is 1. The van der Waals surface area contributed by atoms with E-state index in [1.54, 1.807) is 24.3 Å². The number of nitrogens with zero attached hydrogens (tertiary/aromatic N) is 2. The van der Waals surface area contributed by atoms with Crippen molar-refractivity contribution in [2.24, 2.45) is 10.2 Å². The van der Waals surface area contributed by atoms with E-state index in [0.717, 1.165) is 11.8 Å². The number of amidine groups is 1. The molecule has 1 aliphatic rings. The number of hydrogen-bond donors (Lipinski definition) is 3. The van der Waals surface area contributed by atoms with E-state index in [9.17, 15) is 14.4 Å². The first-order valence-corrected chi connectivity index (χ1v) is 8.62. The zero-order chi connectivity index (χ0) is 19.1. The third-order valence-electron chi connectivity index (χ3n) is 3.18. The summed E-state index contributed by atoms with van der Waals surface area (Å²) in [4.78, 5) is 34.4. The van der Waals surface area contributed by atoms with Crippen molar-refractivity contribution in [2.45, 2.75) is 25.5 Å². The van der Waals surface area contributed by atoms with Crippen LogP contribution in [0.2, 0.25) is 0 Å². The molecule has 0 aromatic heterocycles. The number of aliphatic carboxylic acids is 1. The van der Waals surface area contributed by atoms with E-state index in [0.29, 0.717) is 18.0 Å². The number of nitrogens with one attached hydrogen (secondary N) is 2. The minimum absolute atomic E-state index is 0.0860. The van der Waals surface area contributed by atoms with Crippen LogP contribution in [0.3, 0.4) is 0 Å². The van der Waals surface area contributed by atoms with Crippen LogP contribution in [0.4, 0.5) is 5.69 Å². The van der Waals surface area contributed by atoms with E-state index < -0.39 is 23.0 Å². The Labute approximate surface area is 153 Å². The van der Waals surface area contributed by atoms with Crippen LogP contribution < -0.4 is 15.4 Å². The highest BCUT2D eigenvalue weighted by Gasteiger charge is 2.32. The zero-order valence-corrected chi connectivity index (χ0v) is 15.0. The molecule has 1 aromatic rings. The zero-order valence-electron chi connectivity index (χ0n) is 14.2. The molecule has 0 aliphatic carbocycles. The molecule has 3 N–H and O–H groups in total. The molecule has 2 amide bonds. The molecule has 10 heteroatoms. The number of thioether (sulfide) groups is 1. The Kier molecular flexibility index (Phi) is 6.73. The number of carbonyl (C=O) groups is 3. The molecule has 1 aliphatic heterocycles. The van der Waals surface area contributed by atoms with E-state index in [-0.39, 0.29) is 17.3 Å². The lowest BCUT2D eigenvalue weighted by molar-refractivity contribution is -0.138. The summed E-state index contributed by atoms with van der Waals surface area (Å²) in [6.07, 6.45) is -0.309. The van der Waals surface area contributed by atoms with Gasteiger partial charge in [-0.05, 0) is 38.1 Å². The molecule has 1 unspecified atom stereocenters. The van der Waals surface area contributed by atoms with Gasteiger partial charge in [0.15, 0.2) is 5.17 Å². The number of hydrogen-bond acceptors (Lipinski definition) is 7. The Morgan fingerprint density at radius 3 is 2.65 bits per heavy atom. The molecule has 1 aromatic carbocycles. The Morgan fingerprint density at radius 2 is 2.04 bits per heavy atom. The van der Waals surface area contributed by atoms with Gasteiger partial charge in [0.1, 0.15) is 16.7 Å². The summed E-state index contributed by atoms with van der Waals surface area (Å²) < 4.78 is 5.32. The van der Waals surface area contributed by atoms with Crippen molar-refractivity contribution in [3.05, 3.63) is 24.3 Å². The van der Waals surface area contributed by atoms with Crippen LogP contribution in [0, 0.1) is 0 Å². The van der Waals surface area contributed by atoms with Crippen LogP contribution in [0.15, 0.2) is 34.5 Å². The predicted molar refractivity (Wildman–Crippen MR) is 98.6 cm³/mol. The molecule has 1 heterocycles. The van der Waals surface area contributed by atoms with Gasteiger partial charge in [-0.15, -0.1) is 10.2 Å². The number of benzene rings is 1. The molecule has 1 fully saturated rings. The van der Waals surface area contributed by atoms with Crippen molar-refractivity contribution in [3.8, 4) is 5.75 Å². The molecule has 138 valence electrons. The molecule has 1 atom stereocenters. The lowest BCUT2D eigenvalue weighted by Crippen LogP contribution is -2.26. The minimum Gasteiger partial charge on any atom is -0.494 e. The average molecular weight is 378 g/mol. The smallest absolute Gasteiger partial charge is 0.305 e. The van der Waals surface area contributed by atoms with Crippen LogP contribution in [0.1, 0.15) is 20.3 Å². The molecule has 0 bridgehead atoms. The highest BCUT2D eigenvalue weighted by Crippen LogP contribution is 2.22. The first-order valence-electron chi connectivity index (χ1n) is 7.74. The minimum atomic E-state index is -1.08. The fraction of sp³-hybridized carbons (Fsp3) is 0.312.